The number of hydrogen-bond donors (Lipinski definition) is 3. The molecule has 7 heteroatoms. The minimum Gasteiger partial charge on any atom is -0.386 e. The summed E-state index contributed by atoms with van der Waals surface area (Å²) in [5.41, 5.74) is 0.680. The third kappa shape index (κ3) is 3.55. The maximum absolute atomic E-state index is 13.4. The van der Waals surface area contributed by atoms with E-state index < -0.39 is 18.0 Å². The van der Waals surface area contributed by atoms with Crippen molar-refractivity contribution in [3.05, 3.63) is 48.0 Å². The van der Waals surface area contributed by atoms with Crippen LogP contribution in [-0.4, -0.2) is 27.5 Å². The molecule has 0 bridgehead atoms. The molecule has 2 amide bonds. The number of aryl methyl sites for hydroxylation is 1. The molecule has 20 heavy (non-hydrogen) atoms. The van der Waals surface area contributed by atoms with E-state index in [-0.39, 0.29) is 12.1 Å². The Morgan fingerprint density at radius 3 is 2.90 bits per heavy atom. The van der Waals surface area contributed by atoms with Crippen LogP contribution in [0.4, 0.5) is 14.9 Å². The highest BCUT2D eigenvalue weighted by Crippen LogP contribution is 2.15. The zero-order chi connectivity index (χ0) is 14.5. The minimum absolute atomic E-state index is 0.0902. The zero-order valence-electron chi connectivity index (χ0n) is 10.9. The Morgan fingerprint density at radius 1 is 1.50 bits per heavy atom. The van der Waals surface area contributed by atoms with Crippen LogP contribution >= 0.6 is 0 Å². The average Bonchev–Trinajstić information content (AvgIpc) is 2.82. The summed E-state index contributed by atoms with van der Waals surface area (Å²) in [5, 5.41) is 18.7. The topological polar surface area (TPSA) is 79.2 Å². The number of aliphatic hydroxyl groups excluding tert-OH is 1. The Labute approximate surface area is 115 Å². The number of amides is 2. The van der Waals surface area contributed by atoms with Gasteiger partial charge in [0.1, 0.15) is 5.82 Å². The average molecular weight is 278 g/mol. The highest BCUT2D eigenvalue weighted by atomic mass is 19.1. The predicted octanol–water partition coefficient (Wildman–Crippen LogP) is 1.41. The van der Waals surface area contributed by atoms with Gasteiger partial charge in [-0.3, -0.25) is 4.68 Å². The molecule has 1 aromatic carbocycles. The molecule has 3 N–H and O–H groups in total. The molecular formula is C13H15FN4O2. The molecule has 0 saturated carbocycles. The third-order valence-corrected chi connectivity index (χ3v) is 2.68. The van der Waals surface area contributed by atoms with E-state index in [0.717, 1.165) is 0 Å². The van der Waals surface area contributed by atoms with Crippen LogP contribution in [0.25, 0.3) is 0 Å². The van der Waals surface area contributed by atoms with Crippen molar-refractivity contribution in [2.45, 2.75) is 6.10 Å². The summed E-state index contributed by atoms with van der Waals surface area (Å²) in [7, 11) is 1.73. The molecule has 0 aliphatic heterocycles. The summed E-state index contributed by atoms with van der Waals surface area (Å²) in [6.45, 7) is -0.0902. The van der Waals surface area contributed by atoms with Gasteiger partial charge in [-0.2, -0.15) is 5.10 Å². The first kappa shape index (κ1) is 14.0. The predicted molar refractivity (Wildman–Crippen MR) is 71.6 cm³/mol. The molecule has 2 aromatic rings. The van der Waals surface area contributed by atoms with E-state index in [1.54, 1.807) is 24.0 Å². The second-order valence-corrected chi connectivity index (χ2v) is 4.28. The van der Waals surface area contributed by atoms with Crippen molar-refractivity contribution < 1.29 is 14.3 Å². The van der Waals surface area contributed by atoms with E-state index in [9.17, 15) is 14.3 Å². The van der Waals surface area contributed by atoms with Gasteiger partial charge >= 0.3 is 6.03 Å². The molecule has 0 aliphatic rings. The fourth-order valence-electron chi connectivity index (χ4n) is 1.71. The first-order valence-electron chi connectivity index (χ1n) is 6.02. The van der Waals surface area contributed by atoms with Gasteiger partial charge in [0, 0.05) is 25.4 Å². The van der Waals surface area contributed by atoms with Crippen molar-refractivity contribution in [1.82, 2.24) is 15.1 Å². The zero-order valence-corrected chi connectivity index (χ0v) is 10.9. The van der Waals surface area contributed by atoms with Crippen molar-refractivity contribution in [2.75, 3.05) is 11.9 Å². The number of rotatable bonds is 4. The Kier molecular flexibility index (Phi) is 4.31. The van der Waals surface area contributed by atoms with Crippen molar-refractivity contribution in [1.29, 1.82) is 0 Å². The van der Waals surface area contributed by atoms with Crippen molar-refractivity contribution in [2.24, 2.45) is 7.05 Å². The Hall–Kier alpha value is -2.41. The minimum atomic E-state index is -1.10. The lowest BCUT2D eigenvalue weighted by Crippen LogP contribution is -2.32. The number of aromatic nitrogens is 2. The van der Waals surface area contributed by atoms with Gasteiger partial charge < -0.3 is 15.7 Å². The number of nitrogens with one attached hydrogen (secondary N) is 2. The Bertz CT molecular complexity index is 600. The van der Waals surface area contributed by atoms with Crippen LogP contribution < -0.4 is 10.6 Å². The van der Waals surface area contributed by atoms with E-state index in [2.05, 4.69) is 15.7 Å². The number of hydrogen-bond acceptors (Lipinski definition) is 3. The van der Waals surface area contributed by atoms with Gasteiger partial charge in [0.15, 0.2) is 0 Å². The Morgan fingerprint density at radius 2 is 2.25 bits per heavy atom. The van der Waals surface area contributed by atoms with Crippen molar-refractivity contribution in [3.8, 4) is 0 Å². The second kappa shape index (κ2) is 6.16. The van der Waals surface area contributed by atoms with Gasteiger partial charge in [0.25, 0.3) is 0 Å². The van der Waals surface area contributed by atoms with Crippen LogP contribution in [0.3, 0.4) is 0 Å². The molecule has 0 spiro atoms. The molecule has 0 radical (unpaired) electrons. The van der Waals surface area contributed by atoms with Gasteiger partial charge in [-0.05, 0) is 6.07 Å². The maximum Gasteiger partial charge on any atom is 0.319 e. The smallest absolute Gasteiger partial charge is 0.319 e. The van der Waals surface area contributed by atoms with Gasteiger partial charge in [0.05, 0.1) is 18.0 Å². The lowest BCUT2D eigenvalue weighted by molar-refractivity contribution is 0.170. The van der Waals surface area contributed by atoms with Gasteiger partial charge in [0.2, 0.25) is 0 Å². The molecule has 0 aliphatic carbocycles. The summed E-state index contributed by atoms with van der Waals surface area (Å²) in [6.07, 6.45) is 2.02. The number of aliphatic hydroxyl groups is 1. The summed E-state index contributed by atoms with van der Waals surface area (Å²) in [6, 6.07) is 5.40. The number of nitrogens with zero attached hydrogens (tertiary/aromatic N) is 2. The largest absolute Gasteiger partial charge is 0.386 e. The molecule has 6 nitrogen and oxygen atoms in total. The lowest BCUT2D eigenvalue weighted by atomic mass is 10.1. The van der Waals surface area contributed by atoms with Crippen LogP contribution in [0, 0.1) is 5.82 Å². The van der Waals surface area contributed by atoms with Crippen LogP contribution in [0.15, 0.2) is 36.7 Å². The van der Waals surface area contributed by atoms with Crippen LogP contribution in [0.1, 0.15) is 11.7 Å². The second-order valence-electron chi connectivity index (χ2n) is 4.28. The number of carbonyl (C=O) groups is 1. The van der Waals surface area contributed by atoms with Crippen LogP contribution in [0.5, 0.6) is 0 Å². The number of benzene rings is 1. The van der Waals surface area contributed by atoms with Crippen LogP contribution in [0.2, 0.25) is 0 Å². The maximum atomic E-state index is 13.4. The molecule has 0 saturated heterocycles. The normalized spacial score (nSPS) is 11.9. The van der Waals surface area contributed by atoms with E-state index >= 15 is 0 Å². The molecule has 1 aromatic heterocycles. The molecule has 2 rings (SSSR count). The van der Waals surface area contributed by atoms with Gasteiger partial charge in [-0.1, -0.05) is 18.2 Å². The van der Waals surface area contributed by atoms with Gasteiger partial charge in [-0.15, -0.1) is 0 Å². The molecule has 1 heterocycles. The monoisotopic (exact) mass is 278 g/mol. The number of urea groups is 1. The quantitative estimate of drug-likeness (QED) is 0.791. The van der Waals surface area contributed by atoms with E-state index in [4.69, 9.17) is 0 Å². The molecule has 1 unspecified atom stereocenters. The summed E-state index contributed by atoms with van der Waals surface area (Å²) in [5.74, 6) is -0.505. The fourth-order valence-corrected chi connectivity index (χ4v) is 1.71. The number of halogens is 1. The third-order valence-electron chi connectivity index (χ3n) is 2.68. The summed E-state index contributed by atoms with van der Waals surface area (Å²) < 4.78 is 15.0. The molecule has 106 valence electrons. The molecular weight excluding hydrogens is 263 g/mol. The fraction of sp³-hybridized carbons (Fsp3) is 0.231. The van der Waals surface area contributed by atoms with Gasteiger partial charge in [-0.25, -0.2) is 9.18 Å². The van der Waals surface area contributed by atoms with E-state index in [0.29, 0.717) is 5.69 Å². The van der Waals surface area contributed by atoms with Crippen LogP contribution in [-0.2, 0) is 7.05 Å². The summed E-state index contributed by atoms with van der Waals surface area (Å²) in [4.78, 5) is 11.6. The number of anilines is 1. The number of carbonyl (C=O) groups excluding carboxylic acids is 1. The molecule has 1 atom stereocenters. The first-order chi connectivity index (χ1) is 9.56. The van der Waals surface area contributed by atoms with E-state index in [1.165, 1.54) is 24.4 Å². The highest BCUT2D eigenvalue weighted by molar-refractivity contribution is 5.88. The summed E-state index contributed by atoms with van der Waals surface area (Å²) >= 11 is 0. The van der Waals surface area contributed by atoms with E-state index in [1.807, 2.05) is 0 Å². The first-order valence-corrected chi connectivity index (χ1v) is 6.02. The molecule has 0 fully saturated rings. The van der Waals surface area contributed by atoms with Crippen molar-refractivity contribution in [3.63, 3.8) is 0 Å². The highest BCUT2D eigenvalue weighted by Gasteiger charge is 2.13. The lowest BCUT2D eigenvalue weighted by Gasteiger charge is -2.13. The Balaban J connectivity index is 1.85. The standard InChI is InChI=1S/C13H15FN4O2/c1-18-8-9(6-16-18)17-13(20)15-7-12(19)10-4-2-3-5-11(10)14/h2-6,8,12,19H,7H2,1H3,(H2,15,17,20). The van der Waals surface area contributed by atoms with Crippen molar-refractivity contribution >= 4 is 11.7 Å². The SMILES string of the molecule is Cn1cc(NC(=O)NCC(O)c2ccccc2F)cn1.